The molecule has 5 aliphatic rings. The van der Waals surface area contributed by atoms with Gasteiger partial charge in [0.05, 0.1) is 0 Å². The van der Waals surface area contributed by atoms with Crippen LogP contribution in [0.25, 0.3) is 0 Å². The average Bonchev–Trinajstić information content (AvgIpc) is 3.40. The Morgan fingerprint density at radius 3 is 0.571 bits per heavy atom. The molecule has 0 heterocycles. The summed E-state index contributed by atoms with van der Waals surface area (Å²) in [5.41, 5.74) is 0. The van der Waals surface area contributed by atoms with E-state index in [9.17, 15) is 0 Å². The fourth-order valence-electron chi connectivity index (χ4n) is 1.99. The molecule has 0 saturated heterocycles. The van der Waals surface area contributed by atoms with Gasteiger partial charge in [-0.1, -0.05) is 83.5 Å². The zero-order valence-electron chi connectivity index (χ0n) is 14.3. The molecular formula is C21H38. The molecule has 0 aliphatic heterocycles. The van der Waals surface area contributed by atoms with Crippen molar-refractivity contribution in [3.05, 3.63) is 25.7 Å². The SMILES string of the molecule is C1CCCC1.[CH]1CC1.[CH]1CC1.[CH]1CCC1.[CH]1CCCCC1. The highest BCUT2D eigenvalue weighted by Gasteiger charge is 1.97. The summed E-state index contributed by atoms with van der Waals surface area (Å²) < 4.78 is 0. The molecule has 122 valence electrons. The van der Waals surface area contributed by atoms with Crippen LogP contribution in [0.1, 0.15) is 109 Å². The first-order chi connectivity index (χ1) is 10.5. The van der Waals surface area contributed by atoms with E-state index >= 15 is 0 Å². The second kappa shape index (κ2) is 16.4. The summed E-state index contributed by atoms with van der Waals surface area (Å²) in [5, 5.41) is 0. The van der Waals surface area contributed by atoms with Crippen LogP contribution in [0.5, 0.6) is 0 Å². The molecule has 5 aliphatic carbocycles. The molecule has 4 radical (unpaired) electrons. The Hall–Kier alpha value is 0. The molecule has 0 spiro atoms. The standard InChI is InChI=1S/C6H11.C5H10.C4H7.2C3H5/c1-2-4-6-5-3-1;1-2-4-5-3-1;1-2-4-3-1;2*1-2-3-1/h1H,2-6H2;1-5H2;1H,2-4H2;2*1H,2-3H2. The second-order valence-electron chi connectivity index (χ2n) is 6.65. The summed E-state index contributed by atoms with van der Waals surface area (Å²) in [4.78, 5) is 0. The molecule has 0 aromatic heterocycles. The lowest BCUT2D eigenvalue weighted by molar-refractivity contribution is 0.593. The van der Waals surface area contributed by atoms with Crippen LogP contribution in [0.3, 0.4) is 0 Å². The van der Waals surface area contributed by atoms with Gasteiger partial charge >= 0.3 is 0 Å². The molecule has 0 aromatic carbocycles. The number of hydrogen-bond donors (Lipinski definition) is 0. The van der Waals surface area contributed by atoms with Crippen molar-refractivity contribution in [3.8, 4) is 0 Å². The van der Waals surface area contributed by atoms with E-state index in [1.165, 1.54) is 109 Å². The van der Waals surface area contributed by atoms with Gasteiger partial charge in [-0.3, -0.25) is 0 Å². The summed E-state index contributed by atoms with van der Waals surface area (Å²) >= 11 is 0. The van der Waals surface area contributed by atoms with Crippen molar-refractivity contribution in [2.24, 2.45) is 0 Å². The first-order valence-corrected chi connectivity index (χ1v) is 9.77. The zero-order valence-corrected chi connectivity index (χ0v) is 14.3. The van der Waals surface area contributed by atoms with Crippen LogP contribution in [-0.4, -0.2) is 0 Å². The van der Waals surface area contributed by atoms with E-state index in [-0.39, 0.29) is 0 Å². The van der Waals surface area contributed by atoms with Crippen molar-refractivity contribution >= 4 is 0 Å². The van der Waals surface area contributed by atoms with Crippen molar-refractivity contribution in [2.45, 2.75) is 109 Å². The Balaban J connectivity index is 0.000000135. The maximum absolute atomic E-state index is 2.39. The van der Waals surface area contributed by atoms with Gasteiger partial charge in [-0.25, -0.2) is 0 Å². The first kappa shape index (κ1) is 19.0. The van der Waals surface area contributed by atoms with Gasteiger partial charge in [-0.15, -0.1) is 0 Å². The molecule has 0 N–H and O–H groups in total. The predicted molar refractivity (Wildman–Crippen MR) is 95.7 cm³/mol. The van der Waals surface area contributed by atoms with E-state index in [1.54, 1.807) is 0 Å². The van der Waals surface area contributed by atoms with Gasteiger partial charge in [0, 0.05) is 0 Å². The third-order valence-corrected chi connectivity index (χ3v) is 3.96. The molecule has 0 amide bonds. The third kappa shape index (κ3) is 22.4. The van der Waals surface area contributed by atoms with Crippen LogP contribution in [0.15, 0.2) is 0 Å². The fourth-order valence-corrected chi connectivity index (χ4v) is 1.99. The second-order valence-corrected chi connectivity index (χ2v) is 6.65. The molecule has 0 aromatic rings. The smallest absolute Gasteiger partial charge is 0.0386 e. The molecule has 0 unspecified atom stereocenters. The maximum Gasteiger partial charge on any atom is -0.0386 e. The summed E-state index contributed by atoms with van der Waals surface area (Å²) in [6, 6.07) is 0. The molecule has 5 saturated carbocycles. The van der Waals surface area contributed by atoms with E-state index < -0.39 is 0 Å². The van der Waals surface area contributed by atoms with Crippen LogP contribution in [0, 0.1) is 25.7 Å². The van der Waals surface area contributed by atoms with Crippen molar-refractivity contribution in [1.82, 2.24) is 0 Å². The predicted octanol–water partition coefficient (Wildman–Crippen LogP) is 7.45. The lowest BCUT2D eigenvalue weighted by Gasteiger charge is -2.05. The van der Waals surface area contributed by atoms with Crippen LogP contribution in [-0.2, 0) is 0 Å². The van der Waals surface area contributed by atoms with Crippen molar-refractivity contribution in [3.63, 3.8) is 0 Å². The van der Waals surface area contributed by atoms with E-state index in [0.29, 0.717) is 0 Å². The minimum Gasteiger partial charge on any atom is -0.0533 e. The van der Waals surface area contributed by atoms with E-state index in [2.05, 4.69) is 25.7 Å². The zero-order chi connectivity index (χ0) is 14.8. The highest BCUT2D eigenvalue weighted by atomic mass is 14.0. The Labute approximate surface area is 135 Å². The molecule has 21 heavy (non-hydrogen) atoms. The molecule has 5 fully saturated rings. The normalized spacial score (nSPS) is 24.0. The Bertz CT molecular complexity index is 134. The van der Waals surface area contributed by atoms with Crippen LogP contribution in [0.4, 0.5) is 0 Å². The summed E-state index contributed by atoms with van der Waals surface area (Å²) in [7, 11) is 0. The highest BCUT2D eigenvalue weighted by molar-refractivity contribution is 4.80. The molecule has 0 nitrogen and oxygen atoms in total. The van der Waals surface area contributed by atoms with Crippen LogP contribution >= 0.6 is 0 Å². The van der Waals surface area contributed by atoms with Crippen molar-refractivity contribution in [2.75, 3.05) is 0 Å². The molecular weight excluding hydrogens is 252 g/mol. The van der Waals surface area contributed by atoms with E-state index in [4.69, 9.17) is 0 Å². The van der Waals surface area contributed by atoms with Gasteiger partial charge in [0.25, 0.3) is 0 Å². The van der Waals surface area contributed by atoms with Crippen molar-refractivity contribution in [1.29, 1.82) is 0 Å². The maximum atomic E-state index is 2.39. The van der Waals surface area contributed by atoms with Gasteiger partial charge in [0.15, 0.2) is 0 Å². The van der Waals surface area contributed by atoms with Gasteiger partial charge in [0.1, 0.15) is 0 Å². The highest BCUT2D eigenvalue weighted by Crippen LogP contribution is 2.15. The minimum atomic E-state index is 1.38. The van der Waals surface area contributed by atoms with Gasteiger partial charge < -0.3 is 0 Å². The first-order valence-electron chi connectivity index (χ1n) is 9.77. The molecule has 5 rings (SSSR count). The average molecular weight is 291 g/mol. The Morgan fingerprint density at radius 2 is 0.476 bits per heavy atom. The summed E-state index contributed by atoms with van der Waals surface area (Å²) in [5.74, 6) is 0. The Kier molecular flexibility index (Phi) is 14.8. The monoisotopic (exact) mass is 290 g/mol. The quantitative estimate of drug-likeness (QED) is 0.434. The Morgan fingerprint density at radius 1 is 0.238 bits per heavy atom. The summed E-state index contributed by atoms with van der Waals surface area (Å²) in [6.07, 6.45) is 33.5. The molecule has 0 bridgehead atoms. The van der Waals surface area contributed by atoms with E-state index in [0.717, 1.165) is 0 Å². The van der Waals surface area contributed by atoms with Crippen molar-refractivity contribution < 1.29 is 0 Å². The molecule has 0 atom stereocenters. The van der Waals surface area contributed by atoms with Crippen LogP contribution < -0.4 is 0 Å². The fraction of sp³-hybridized carbons (Fsp3) is 0.810. The van der Waals surface area contributed by atoms with Gasteiger partial charge in [-0.2, -0.15) is 0 Å². The minimum absolute atomic E-state index is 1.38. The lowest BCUT2D eigenvalue weighted by atomic mass is 10.0. The number of hydrogen-bond acceptors (Lipinski definition) is 0. The van der Waals surface area contributed by atoms with Gasteiger partial charge in [0.2, 0.25) is 0 Å². The molecule has 0 heteroatoms. The lowest BCUT2D eigenvalue weighted by Crippen LogP contribution is -1.87. The topological polar surface area (TPSA) is 0 Å². The van der Waals surface area contributed by atoms with Crippen LogP contribution in [0.2, 0.25) is 0 Å². The number of rotatable bonds is 0. The summed E-state index contributed by atoms with van der Waals surface area (Å²) in [6.45, 7) is 0. The van der Waals surface area contributed by atoms with Gasteiger partial charge in [-0.05, 0) is 51.4 Å². The van der Waals surface area contributed by atoms with E-state index in [1.807, 2.05) is 0 Å². The third-order valence-electron chi connectivity index (χ3n) is 3.96. The largest absolute Gasteiger partial charge is 0.0533 e.